The Morgan fingerprint density at radius 3 is 3.25 bits per heavy atom. The number of hydrogen-bond acceptors (Lipinski definition) is 2. The van der Waals surface area contributed by atoms with Crippen LogP contribution < -0.4 is 14.8 Å². The summed E-state index contributed by atoms with van der Waals surface area (Å²) in [6.07, 6.45) is 1.03. The normalized spacial score (nSPS) is 17.3. The number of ether oxygens (including phenoxy) is 2. The summed E-state index contributed by atoms with van der Waals surface area (Å²) >= 11 is 0. The summed E-state index contributed by atoms with van der Waals surface area (Å²) in [5, 5.41) is 4.37. The Morgan fingerprint density at radius 2 is 2.25 bits per heavy atom. The Balaban J connectivity index is 2.24. The van der Waals surface area contributed by atoms with Gasteiger partial charge in [-0.15, -0.1) is 0 Å². The van der Waals surface area contributed by atoms with Crippen LogP contribution >= 0.6 is 0 Å². The summed E-state index contributed by atoms with van der Waals surface area (Å²) in [5.74, 6) is 1.67. The molecule has 2 heterocycles. The van der Waals surface area contributed by atoms with E-state index in [1.165, 1.54) is 5.56 Å². The van der Waals surface area contributed by atoms with Gasteiger partial charge in [0.1, 0.15) is 5.69 Å². The molecule has 1 aromatic carbocycles. The van der Waals surface area contributed by atoms with E-state index >= 15 is 0 Å². The van der Waals surface area contributed by atoms with E-state index in [1.54, 1.807) is 0 Å². The molecule has 1 radical (unpaired) electrons. The Bertz CT molecular complexity index is 303. The maximum Gasteiger partial charge on any atom is 0.231 e. The zero-order chi connectivity index (χ0) is 7.97. The smallest absolute Gasteiger partial charge is 0.231 e. The zero-order valence-corrected chi connectivity index (χ0v) is 6.54. The van der Waals surface area contributed by atoms with Crippen LogP contribution in [0.15, 0.2) is 12.1 Å². The number of benzene rings is 1. The standard InChI is InChI=1S/C9H8NO2/c1-2-7-9(12-5-11-7)8-6(1)3-4-10-8/h1-2H,3-5H2. The van der Waals surface area contributed by atoms with Crippen molar-refractivity contribution < 1.29 is 9.47 Å². The van der Waals surface area contributed by atoms with Gasteiger partial charge in [-0.05, 0) is 18.1 Å². The third-order valence-electron chi connectivity index (χ3n) is 2.25. The highest BCUT2D eigenvalue weighted by atomic mass is 16.7. The van der Waals surface area contributed by atoms with E-state index in [0.29, 0.717) is 6.79 Å². The SMILES string of the molecule is c1cc2c(c3c1CC[N]3)OCO2. The molecule has 0 aromatic heterocycles. The molecular weight excluding hydrogens is 154 g/mol. The third kappa shape index (κ3) is 0.656. The van der Waals surface area contributed by atoms with Gasteiger partial charge in [-0.25, -0.2) is 0 Å². The fourth-order valence-electron chi connectivity index (χ4n) is 1.66. The molecule has 3 heteroatoms. The van der Waals surface area contributed by atoms with Gasteiger partial charge in [0.15, 0.2) is 11.5 Å². The summed E-state index contributed by atoms with van der Waals surface area (Å²) in [6.45, 7) is 1.22. The van der Waals surface area contributed by atoms with Crippen LogP contribution in [0.2, 0.25) is 0 Å². The molecule has 0 aliphatic carbocycles. The van der Waals surface area contributed by atoms with E-state index in [9.17, 15) is 0 Å². The quantitative estimate of drug-likeness (QED) is 0.574. The van der Waals surface area contributed by atoms with Gasteiger partial charge in [-0.2, -0.15) is 0 Å². The van der Waals surface area contributed by atoms with Gasteiger partial charge in [0.25, 0.3) is 0 Å². The van der Waals surface area contributed by atoms with Gasteiger partial charge in [0, 0.05) is 6.54 Å². The molecule has 0 fully saturated rings. The van der Waals surface area contributed by atoms with Gasteiger partial charge in [0.2, 0.25) is 6.79 Å². The fraction of sp³-hybridized carbons (Fsp3) is 0.333. The minimum Gasteiger partial charge on any atom is -0.454 e. The lowest BCUT2D eigenvalue weighted by Crippen LogP contribution is -1.95. The van der Waals surface area contributed by atoms with Crippen LogP contribution in [0.5, 0.6) is 11.5 Å². The summed E-state index contributed by atoms with van der Waals surface area (Å²) in [6, 6.07) is 4.03. The lowest BCUT2D eigenvalue weighted by Gasteiger charge is -2.01. The molecule has 0 unspecified atom stereocenters. The van der Waals surface area contributed by atoms with E-state index in [2.05, 4.69) is 11.4 Å². The first-order valence-corrected chi connectivity index (χ1v) is 4.04. The molecule has 0 saturated heterocycles. The van der Waals surface area contributed by atoms with Crippen molar-refractivity contribution in [1.82, 2.24) is 5.32 Å². The monoisotopic (exact) mass is 162 g/mol. The van der Waals surface area contributed by atoms with Crippen LogP contribution in [0.25, 0.3) is 0 Å². The van der Waals surface area contributed by atoms with Crippen LogP contribution in [0.1, 0.15) is 5.56 Å². The molecule has 0 amide bonds. The molecule has 0 atom stereocenters. The minimum atomic E-state index is 0.335. The first-order chi connectivity index (χ1) is 5.95. The number of hydrogen-bond donors (Lipinski definition) is 0. The third-order valence-corrected chi connectivity index (χ3v) is 2.25. The maximum atomic E-state index is 5.33. The Labute approximate surface area is 70.3 Å². The zero-order valence-electron chi connectivity index (χ0n) is 6.54. The Kier molecular flexibility index (Phi) is 1.06. The summed E-state index contributed by atoms with van der Waals surface area (Å²) < 4.78 is 10.6. The maximum absolute atomic E-state index is 5.33. The summed E-state index contributed by atoms with van der Waals surface area (Å²) in [4.78, 5) is 0. The summed E-state index contributed by atoms with van der Waals surface area (Å²) in [5.41, 5.74) is 2.28. The van der Waals surface area contributed by atoms with Crippen LogP contribution in [0.3, 0.4) is 0 Å². The number of nitrogens with zero attached hydrogens (tertiary/aromatic N) is 1. The van der Waals surface area contributed by atoms with Crippen molar-refractivity contribution in [3.63, 3.8) is 0 Å². The first kappa shape index (κ1) is 6.17. The van der Waals surface area contributed by atoms with Gasteiger partial charge >= 0.3 is 0 Å². The van der Waals surface area contributed by atoms with Crippen molar-refractivity contribution in [2.45, 2.75) is 6.42 Å². The Hall–Kier alpha value is -1.38. The second-order valence-electron chi connectivity index (χ2n) is 2.94. The predicted molar refractivity (Wildman–Crippen MR) is 42.9 cm³/mol. The van der Waals surface area contributed by atoms with E-state index in [0.717, 1.165) is 30.2 Å². The van der Waals surface area contributed by atoms with E-state index in [-0.39, 0.29) is 0 Å². The van der Waals surface area contributed by atoms with Crippen LogP contribution in [-0.2, 0) is 6.42 Å². The van der Waals surface area contributed by atoms with Crippen LogP contribution in [0, 0.1) is 0 Å². The molecule has 2 aliphatic rings. The van der Waals surface area contributed by atoms with Gasteiger partial charge < -0.3 is 9.47 Å². The topological polar surface area (TPSA) is 32.6 Å². The number of fused-ring (bicyclic) bond motifs is 3. The molecule has 12 heavy (non-hydrogen) atoms. The molecule has 61 valence electrons. The van der Waals surface area contributed by atoms with Gasteiger partial charge in [0.05, 0.1) is 0 Å². The molecule has 2 aliphatic heterocycles. The van der Waals surface area contributed by atoms with E-state index in [1.807, 2.05) is 6.07 Å². The van der Waals surface area contributed by atoms with Crippen molar-refractivity contribution >= 4 is 5.69 Å². The second-order valence-corrected chi connectivity index (χ2v) is 2.94. The average molecular weight is 162 g/mol. The van der Waals surface area contributed by atoms with Crippen molar-refractivity contribution in [3.8, 4) is 11.5 Å². The highest BCUT2D eigenvalue weighted by molar-refractivity contribution is 5.66. The fourth-order valence-corrected chi connectivity index (χ4v) is 1.66. The molecule has 0 bridgehead atoms. The van der Waals surface area contributed by atoms with Gasteiger partial charge in [-0.3, -0.25) is 5.32 Å². The summed E-state index contributed by atoms with van der Waals surface area (Å²) in [7, 11) is 0. The highest BCUT2D eigenvalue weighted by Gasteiger charge is 2.24. The highest BCUT2D eigenvalue weighted by Crippen LogP contribution is 2.43. The predicted octanol–water partition coefficient (Wildman–Crippen LogP) is 1.21. The first-order valence-electron chi connectivity index (χ1n) is 4.04. The number of rotatable bonds is 0. The minimum absolute atomic E-state index is 0.335. The second kappa shape index (κ2) is 2.06. The van der Waals surface area contributed by atoms with Crippen molar-refractivity contribution in [1.29, 1.82) is 0 Å². The van der Waals surface area contributed by atoms with Crippen molar-refractivity contribution in [2.24, 2.45) is 0 Å². The molecule has 3 nitrogen and oxygen atoms in total. The van der Waals surface area contributed by atoms with Crippen LogP contribution in [0.4, 0.5) is 5.69 Å². The Morgan fingerprint density at radius 1 is 1.25 bits per heavy atom. The molecule has 0 N–H and O–H groups in total. The lowest BCUT2D eigenvalue weighted by molar-refractivity contribution is 0.174. The molecular formula is C9H8NO2. The van der Waals surface area contributed by atoms with Crippen molar-refractivity contribution in [3.05, 3.63) is 17.7 Å². The largest absolute Gasteiger partial charge is 0.454 e. The van der Waals surface area contributed by atoms with E-state index < -0.39 is 0 Å². The average Bonchev–Trinajstić information content (AvgIpc) is 2.71. The van der Waals surface area contributed by atoms with Crippen molar-refractivity contribution in [2.75, 3.05) is 13.3 Å². The molecule has 1 aromatic rings. The molecule has 3 rings (SSSR count). The molecule has 0 spiro atoms. The van der Waals surface area contributed by atoms with Gasteiger partial charge in [-0.1, -0.05) is 6.07 Å². The molecule has 0 saturated carbocycles. The van der Waals surface area contributed by atoms with Crippen LogP contribution in [-0.4, -0.2) is 13.3 Å². The lowest BCUT2D eigenvalue weighted by atomic mass is 10.1. The van der Waals surface area contributed by atoms with E-state index in [4.69, 9.17) is 9.47 Å².